The molecule has 0 radical (unpaired) electrons. The number of ether oxygens (including phenoxy) is 1. The predicted molar refractivity (Wildman–Crippen MR) is 116 cm³/mol. The van der Waals surface area contributed by atoms with Crippen LogP contribution < -0.4 is 15.4 Å². The first-order valence-electron chi connectivity index (χ1n) is 8.65. The van der Waals surface area contributed by atoms with Crippen LogP contribution in [0.2, 0.25) is 0 Å². The summed E-state index contributed by atoms with van der Waals surface area (Å²) < 4.78 is 43.5. The molecule has 29 heavy (non-hydrogen) atoms. The molecule has 10 heteroatoms. The highest BCUT2D eigenvalue weighted by molar-refractivity contribution is 14.0. The Balaban J connectivity index is 0.00000300. The molecule has 0 saturated carbocycles. The fourth-order valence-electron chi connectivity index (χ4n) is 2.69. The molecule has 0 spiro atoms. The van der Waals surface area contributed by atoms with Gasteiger partial charge < -0.3 is 19.8 Å². The summed E-state index contributed by atoms with van der Waals surface area (Å²) in [5.74, 6) is 0.244. The van der Waals surface area contributed by atoms with E-state index < -0.39 is 6.36 Å². The Bertz CT molecular complexity index is 925. The molecule has 2 aromatic heterocycles. The average Bonchev–Trinajstić information content (AvgIpc) is 3.07. The molecule has 156 valence electrons. The van der Waals surface area contributed by atoms with Gasteiger partial charge in [-0.3, -0.25) is 4.99 Å². The lowest BCUT2D eigenvalue weighted by molar-refractivity contribution is -0.274. The van der Waals surface area contributed by atoms with E-state index in [4.69, 9.17) is 0 Å². The van der Waals surface area contributed by atoms with E-state index >= 15 is 0 Å². The summed E-state index contributed by atoms with van der Waals surface area (Å²) in [5, 5.41) is 6.12. The third kappa shape index (κ3) is 6.80. The summed E-state index contributed by atoms with van der Waals surface area (Å²) in [7, 11) is 1.60. The van der Waals surface area contributed by atoms with Crippen LogP contribution in [0.25, 0.3) is 5.65 Å². The molecule has 0 bridgehead atoms. The first-order valence-corrected chi connectivity index (χ1v) is 8.65. The molecule has 0 saturated heterocycles. The third-order valence-electron chi connectivity index (χ3n) is 3.96. The van der Waals surface area contributed by atoms with E-state index in [0.29, 0.717) is 24.5 Å². The molecular weight excluding hydrogens is 498 g/mol. The van der Waals surface area contributed by atoms with Crippen LogP contribution in [-0.4, -0.2) is 35.3 Å². The number of nitrogens with one attached hydrogen (secondary N) is 2. The van der Waals surface area contributed by atoms with Gasteiger partial charge in [0.2, 0.25) is 0 Å². The second-order valence-corrected chi connectivity index (χ2v) is 5.96. The van der Waals surface area contributed by atoms with Gasteiger partial charge in [0.25, 0.3) is 0 Å². The zero-order valence-electron chi connectivity index (χ0n) is 15.6. The van der Waals surface area contributed by atoms with E-state index in [1.54, 1.807) is 19.2 Å². The van der Waals surface area contributed by atoms with Crippen molar-refractivity contribution in [3.05, 3.63) is 66.1 Å². The average molecular weight is 519 g/mol. The van der Waals surface area contributed by atoms with Gasteiger partial charge in [0, 0.05) is 44.5 Å². The Morgan fingerprint density at radius 3 is 2.62 bits per heavy atom. The van der Waals surface area contributed by atoms with Crippen molar-refractivity contribution < 1.29 is 17.9 Å². The molecule has 1 aromatic carbocycles. The van der Waals surface area contributed by atoms with Gasteiger partial charge in [0.05, 0.1) is 5.69 Å². The minimum atomic E-state index is -4.73. The molecular formula is C19H21F3IN5O. The summed E-state index contributed by atoms with van der Waals surface area (Å²) in [6.07, 6.45) is -0.168. The lowest BCUT2D eigenvalue weighted by atomic mass is 10.2. The van der Waals surface area contributed by atoms with Crippen molar-refractivity contribution in [2.45, 2.75) is 19.3 Å². The molecule has 0 atom stereocenters. The SMILES string of the molecule is CN=C(NCCc1cn2ccccc2n1)NCc1ccccc1OC(F)(F)F.I. The second-order valence-electron chi connectivity index (χ2n) is 5.96. The summed E-state index contributed by atoms with van der Waals surface area (Å²) in [6.45, 7) is 0.713. The van der Waals surface area contributed by atoms with Crippen LogP contribution in [0.5, 0.6) is 5.75 Å². The van der Waals surface area contributed by atoms with Crippen molar-refractivity contribution >= 4 is 35.6 Å². The molecule has 3 rings (SSSR count). The number of halogens is 4. The number of fused-ring (bicyclic) bond motifs is 1. The maximum absolute atomic E-state index is 12.5. The number of aromatic nitrogens is 2. The Labute approximate surface area is 183 Å². The van der Waals surface area contributed by atoms with Gasteiger partial charge in [0.15, 0.2) is 5.96 Å². The highest BCUT2D eigenvalue weighted by Gasteiger charge is 2.31. The van der Waals surface area contributed by atoms with E-state index in [0.717, 1.165) is 11.3 Å². The molecule has 0 aliphatic rings. The fraction of sp³-hybridized carbons (Fsp3) is 0.263. The zero-order valence-corrected chi connectivity index (χ0v) is 17.9. The summed E-state index contributed by atoms with van der Waals surface area (Å²) in [6, 6.07) is 11.8. The Morgan fingerprint density at radius 1 is 1.14 bits per heavy atom. The van der Waals surface area contributed by atoms with Crippen molar-refractivity contribution in [2.75, 3.05) is 13.6 Å². The maximum Gasteiger partial charge on any atom is 0.573 e. The van der Waals surface area contributed by atoms with E-state index in [-0.39, 0.29) is 36.3 Å². The minimum absolute atomic E-state index is 0. The Kier molecular flexibility index (Phi) is 8.11. The molecule has 2 heterocycles. The van der Waals surface area contributed by atoms with Crippen LogP contribution in [0.3, 0.4) is 0 Å². The molecule has 0 unspecified atom stereocenters. The molecule has 3 aromatic rings. The number of hydrogen-bond acceptors (Lipinski definition) is 3. The number of alkyl halides is 3. The van der Waals surface area contributed by atoms with Gasteiger partial charge in [-0.2, -0.15) is 0 Å². The Hall–Kier alpha value is -2.50. The van der Waals surface area contributed by atoms with Crippen molar-refractivity contribution in [3.8, 4) is 5.75 Å². The number of hydrogen-bond donors (Lipinski definition) is 2. The largest absolute Gasteiger partial charge is 0.573 e. The van der Waals surface area contributed by atoms with Crippen LogP contribution in [0, 0.1) is 0 Å². The van der Waals surface area contributed by atoms with Crippen molar-refractivity contribution in [2.24, 2.45) is 4.99 Å². The van der Waals surface area contributed by atoms with Gasteiger partial charge in [-0.05, 0) is 18.2 Å². The second kappa shape index (κ2) is 10.3. The number of nitrogens with zero attached hydrogens (tertiary/aromatic N) is 3. The number of pyridine rings is 1. The third-order valence-corrected chi connectivity index (χ3v) is 3.96. The van der Waals surface area contributed by atoms with E-state index in [9.17, 15) is 13.2 Å². The van der Waals surface area contributed by atoms with Gasteiger partial charge >= 0.3 is 6.36 Å². The van der Waals surface area contributed by atoms with Crippen LogP contribution in [0.1, 0.15) is 11.3 Å². The number of imidazole rings is 1. The first-order chi connectivity index (χ1) is 13.4. The van der Waals surface area contributed by atoms with Gasteiger partial charge in [0.1, 0.15) is 11.4 Å². The highest BCUT2D eigenvalue weighted by atomic mass is 127. The summed E-state index contributed by atoms with van der Waals surface area (Å²) >= 11 is 0. The summed E-state index contributed by atoms with van der Waals surface area (Å²) in [5.41, 5.74) is 2.18. The molecule has 0 aliphatic carbocycles. The van der Waals surface area contributed by atoms with Gasteiger partial charge in [-0.15, -0.1) is 37.1 Å². The predicted octanol–water partition coefficient (Wildman–Crippen LogP) is 3.76. The minimum Gasteiger partial charge on any atom is -0.405 e. The highest BCUT2D eigenvalue weighted by Crippen LogP contribution is 2.26. The number of guanidine groups is 1. The molecule has 0 amide bonds. The van der Waals surface area contributed by atoms with Crippen LogP contribution in [-0.2, 0) is 13.0 Å². The number of rotatable bonds is 6. The number of benzene rings is 1. The van der Waals surface area contributed by atoms with Crippen LogP contribution in [0.4, 0.5) is 13.2 Å². The van der Waals surface area contributed by atoms with E-state index in [1.165, 1.54) is 12.1 Å². The standard InChI is InChI=1S/C19H20F3N5O.HI/c1-23-18(24-10-9-15-13-27-11-5-4-8-17(27)26-15)25-12-14-6-2-3-7-16(14)28-19(20,21)22;/h2-8,11,13H,9-10,12H2,1H3,(H2,23,24,25);1H. The monoisotopic (exact) mass is 519 g/mol. The van der Waals surface area contributed by atoms with Crippen molar-refractivity contribution in [3.63, 3.8) is 0 Å². The van der Waals surface area contributed by atoms with Crippen LogP contribution >= 0.6 is 24.0 Å². The molecule has 0 fully saturated rings. The van der Waals surface area contributed by atoms with Crippen molar-refractivity contribution in [1.82, 2.24) is 20.0 Å². The van der Waals surface area contributed by atoms with Gasteiger partial charge in [-0.1, -0.05) is 24.3 Å². The molecule has 6 nitrogen and oxygen atoms in total. The topological polar surface area (TPSA) is 63.0 Å². The number of para-hydroxylation sites is 1. The lowest BCUT2D eigenvalue weighted by Crippen LogP contribution is -2.38. The molecule has 2 N–H and O–H groups in total. The van der Waals surface area contributed by atoms with Crippen molar-refractivity contribution in [1.29, 1.82) is 0 Å². The van der Waals surface area contributed by atoms with E-state index in [1.807, 2.05) is 35.0 Å². The van der Waals surface area contributed by atoms with Gasteiger partial charge in [-0.25, -0.2) is 4.98 Å². The Morgan fingerprint density at radius 2 is 1.90 bits per heavy atom. The summed E-state index contributed by atoms with van der Waals surface area (Å²) in [4.78, 5) is 8.60. The van der Waals surface area contributed by atoms with E-state index in [2.05, 4.69) is 25.3 Å². The normalized spacial score (nSPS) is 11.8. The lowest BCUT2D eigenvalue weighted by Gasteiger charge is -2.15. The smallest absolute Gasteiger partial charge is 0.405 e. The quantitative estimate of drug-likeness (QED) is 0.296. The number of aliphatic imine (C=N–C) groups is 1. The zero-order chi connectivity index (χ0) is 20.0. The first kappa shape index (κ1) is 22.8. The molecule has 0 aliphatic heterocycles. The van der Waals surface area contributed by atoms with Crippen LogP contribution in [0.15, 0.2) is 59.9 Å². The maximum atomic E-state index is 12.5. The fourth-order valence-corrected chi connectivity index (χ4v) is 2.69.